The van der Waals surface area contributed by atoms with Crippen LogP contribution in [-0.2, 0) is 11.2 Å². The van der Waals surface area contributed by atoms with Crippen LogP contribution in [0.25, 0.3) is 28.4 Å². The van der Waals surface area contributed by atoms with Crippen molar-refractivity contribution in [3.05, 3.63) is 88.1 Å². The first-order valence-electron chi connectivity index (χ1n) is 11.3. The summed E-state index contributed by atoms with van der Waals surface area (Å²) in [4.78, 5) is 26.3. The third-order valence-electron chi connectivity index (χ3n) is 5.70. The Balaban J connectivity index is 1.74. The number of fused-ring (bicyclic) bond motifs is 1. The SMILES string of the molecule is CCc1ccc2oc(-c3ccc(OC)cc3)c(OC(=O)C=Cc3ccc(OC)c(OC)c3)c(=O)c2c1. The van der Waals surface area contributed by atoms with E-state index in [0.717, 1.165) is 12.0 Å². The fourth-order valence-corrected chi connectivity index (χ4v) is 3.73. The van der Waals surface area contributed by atoms with Crippen LogP contribution in [0.5, 0.6) is 23.0 Å². The van der Waals surface area contributed by atoms with Gasteiger partial charge >= 0.3 is 5.97 Å². The first-order chi connectivity index (χ1) is 17.5. The van der Waals surface area contributed by atoms with Gasteiger partial charge in [0, 0.05) is 11.6 Å². The smallest absolute Gasteiger partial charge is 0.336 e. The molecule has 36 heavy (non-hydrogen) atoms. The molecule has 7 nitrogen and oxygen atoms in total. The van der Waals surface area contributed by atoms with Gasteiger partial charge in [-0.2, -0.15) is 0 Å². The first-order valence-corrected chi connectivity index (χ1v) is 11.3. The minimum atomic E-state index is -0.724. The predicted octanol–water partition coefficient (Wildman–Crippen LogP) is 5.67. The fraction of sp³-hybridized carbons (Fsp3) is 0.172. The topological polar surface area (TPSA) is 84.2 Å². The van der Waals surface area contributed by atoms with Gasteiger partial charge < -0.3 is 23.4 Å². The summed E-state index contributed by atoms with van der Waals surface area (Å²) in [6.45, 7) is 1.99. The van der Waals surface area contributed by atoms with Gasteiger partial charge in [0.2, 0.25) is 11.2 Å². The molecular weight excluding hydrogens is 460 g/mol. The highest BCUT2D eigenvalue weighted by molar-refractivity contribution is 5.91. The van der Waals surface area contributed by atoms with Gasteiger partial charge in [-0.1, -0.05) is 19.1 Å². The Bertz CT molecular complexity index is 1480. The molecule has 0 aliphatic carbocycles. The molecule has 0 amide bonds. The van der Waals surface area contributed by atoms with E-state index in [-0.39, 0.29) is 11.5 Å². The number of benzene rings is 3. The third kappa shape index (κ3) is 5.10. The third-order valence-corrected chi connectivity index (χ3v) is 5.70. The van der Waals surface area contributed by atoms with Crippen molar-refractivity contribution >= 4 is 23.0 Å². The van der Waals surface area contributed by atoms with Crippen molar-refractivity contribution in [3.63, 3.8) is 0 Å². The molecule has 4 rings (SSSR count). The van der Waals surface area contributed by atoms with Crippen LogP contribution < -0.4 is 24.4 Å². The molecule has 0 saturated carbocycles. The molecule has 0 aliphatic heterocycles. The number of hydrogen-bond acceptors (Lipinski definition) is 7. The molecule has 1 heterocycles. The van der Waals surface area contributed by atoms with E-state index in [1.807, 2.05) is 13.0 Å². The molecule has 7 heteroatoms. The molecule has 0 aliphatic rings. The van der Waals surface area contributed by atoms with E-state index in [9.17, 15) is 9.59 Å². The Morgan fingerprint density at radius 2 is 1.64 bits per heavy atom. The van der Waals surface area contributed by atoms with Crippen molar-refractivity contribution in [2.24, 2.45) is 0 Å². The zero-order chi connectivity index (χ0) is 25.7. The Labute approximate surface area is 208 Å². The molecule has 0 radical (unpaired) electrons. The monoisotopic (exact) mass is 486 g/mol. The molecule has 0 unspecified atom stereocenters. The fourth-order valence-electron chi connectivity index (χ4n) is 3.73. The van der Waals surface area contributed by atoms with E-state index in [1.165, 1.54) is 13.2 Å². The molecule has 184 valence electrons. The average Bonchev–Trinajstić information content (AvgIpc) is 2.92. The van der Waals surface area contributed by atoms with Crippen molar-refractivity contribution in [2.75, 3.05) is 21.3 Å². The summed E-state index contributed by atoms with van der Waals surface area (Å²) in [5, 5.41) is 0.346. The van der Waals surface area contributed by atoms with E-state index in [2.05, 4.69) is 0 Å². The molecular formula is C29H26O7. The minimum Gasteiger partial charge on any atom is -0.497 e. The van der Waals surface area contributed by atoms with Crippen LogP contribution in [0.3, 0.4) is 0 Å². The second-order valence-electron chi connectivity index (χ2n) is 7.87. The van der Waals surface area contributed by atoms with Gasteiger partial charge in [0.1, 0.15) is 11.3 Å². The van der Waals surface area contributed by atoms with Crippen LogP contribution in [0, 0.1) is 0 Å². The number of ether oxygens (including phenoxy) is 4. The maximum Gasteiger partial charge on any atom is 0.336 e. The van der Waals surface area contributed by atoms with Crippen LogP contribution in [0.15, 0.2) is 76.0 Å². The summed E-state index contributed by atoms with van der Waals surface area (Å²) < 4.78 is 27.4. The van der Waals surface area contributed by atoms with E-state index >= 15 is 0 Å². The van der Waals surface area contributed by atoms with E-state index in [4.69, 9.17) is 23.4 Å². The van der Waals surface area contributed by atoms with E-state index in [1.54, 1.807) is 74.9 Å². The van der Waals surface area contributed by atoms with Gasteiger partial charge in [0.25, 0.3) is 0 Å². The van der Waals surface area contributed by atoms with Crippen molar-refractivity contribution < 1.29 is 28.2 Å². The first kappa shape index (κ1) is 24.6. The van der Waals surface area contributed by atoms with Gasteiger partial charge in [-0.15, -0.1) is 0 Å². The highest BCUT2D eigenvalue weighted by atomic mass is 16.5. The van der Waals surface area contributed by atoms with Crippen molar-refractivity contribution in [3.8, 4) is 34.3 Å². The Hall–Kier alpha value is -4.52. The highest BCUT2D eigenvalue weighted by Gasteiger charge is 2.20. The Morgan fingerprint density at radius 3 is 2.31 bits per heavy atom. The molecule has 0 spiro atoms. The van der Waals surface area contributed by atoms with Crippen LogP contribution in [0.2, 0.25) is 0 Å². The predicted molar refractivity (Wildman–Crippen MR) is 138 cm³/mol. The lowest BCUT2D eigenvalue weighted by Crippen LogP contribution is -2.14. The molecule has 3 aromatic carbocycles. The number of rotatable bonds is 8. The summed E-state index contributed by atoms with van der Waals surface area (Å²) in [5.41, 5.74) is 2.21. The summed E-state index contributed by atoms with van der Waals surface area (Å²) in [6, 6.07) is 17.6. The lowest BCUT2D eigenvalue weighted by molar-refractivity contribution is -0.129. The quantitative estimate of drug-likeness (QED) is 0.234. The number of carbonyl (C=O) groups excluding carboxylic acids is 1. The summed E-state index contributed by atoms with van der Waals surface area (Å²) >= 11 is 0. The van der Waals surface area contributed by atoms with Gasteiger partial charge in [-0.25, -0.2) is 4.79 Å². The lowest BCUT2D eigenvalue weighted by Gasteiger charge is -2.11. The molecule has 0 bridgehead atoms. The average molecular weight is 487 g/mol. The van der Waals surface area contributed by atoms with Crippen LogP contribution in [0.4, 0.5) is 0 Å². The van der Waals surface area contributed by atoms with E-state index in [0.29, 0.717) is 39.3 Å². The Kier molecular flexibility index (Phi) is 7.39. The van der Waals surface area contributed by atoms with Gasteiger partial charge in [-0.3, -0.25) is 4.79 Å². The number of methoxy groups -OCH3 is 3. The molecule has 0 atom stereocenters. The van der Waals surface area contributed by atoms with E-state index < -0.39 is 11.4 Å². The second kappa shape index (κ2) is 10.8. The summed E-state index contributed by atoms with van der Waals surface area (Å²) in [6.07, 6.45) is 3.55. The Morgan fingerprint density at radius 1 is 0.889 bits per heavy atom. The highest BCUT2D eigenvalue weighted by Crippen LogP contribution is 2.33. The molecule has 1 aromatic heterocycles. The molecule has 0 saturated heterocycles. The van der Waals surface area contributed by atoms with Crippen molar-refractivity contribution in [1.29, 1.82) is 0 Å². The summed E-state index contributed by atoms with van der Waals surface area (Å²) in [7, 11) is 4.64. The molecule has 0 fully saturated rings. The number of hydrogen-bond donors (Lipinski definition) is 0. The molecule has 0 N–H and O–H groups in total. The zero-order valence-corrected chi connectivity index (χ0v) is 20.5. The van der Waals surface area contributed by atoms with Gasteiger partial charge in [0.15, 0.2) is 17.3 Å². The number of esters is 1. The standard InChI is InChI=1S/C29H26O7/c1-5-18-6-13-23-22(16-18)27(31)29(28(35-23)20-9-11-21(32-2)12-10-20)36-26(30)15-8-19-7-14-24(33-3)25(17-19)34-4/h6-17H,5H2,1-4H3. The number of carbonyl (C=O) groups is 1. The maximum absolute atomic E-state index is 13.5. The zero-order valence-electron chi connectivity index (χ0n) is 20.5. The minimum absolute atomic E-state index is 0.160. The van der Waals surface area contributed by atoms with Crippen LogP contribution in [-0.4, -0.2) is 27.3 Å². The summed E-state index contributed by atoms with van der Waals surface area (Å²) in [5.74, 6) is 0.997. The van der Waals surface area contributed by atoms with Crippen LogP contribution >= 0.6 is 0 Å². The second-order valence-corrected chi connectivity index (χ2v) is 7.87. The lowest BCUT2D eigenvalue weighted by atomic mass is 10.1. The largest absolute Gasteiger partial charge is 0.497 e. The van der Waals surface area contributed by atoms with Crippen molar-refractivity contribution in [2.45, 2.75) is 13.3 Å². The van der Waals surface area contributed by atoms with Crippen molar-refractivity contribution in [1.82, 2.24) is 0 Å². The van der Waals surface area contributed by atoms with Gasteiger partial charge in [0.05, 0.1) is 26.7 Å². The maximum atomic E-state index is 13.5. The number of aryl methyl sites for hydroxylation is 1. The normalized spacial score (nSPS) is 11.0. The molecule has 4 aromatic rings. The van der Waals surface area contributed by atoms with Crippen LogP contribution in [0.1, 0.15) is 18.1 Å². The van der Waals surface area contributed by atoms with Gasteiger partial charge in [-0.05, 0) is 72.2 Å².